The Bertz CT molecular complexity index is 222. The van der Waals surface area contributed by atoms with Crippen LogP contribution >= 0.6 is 0 Å². The highest BCUT2D eigenvalue weighted by Crippen LogP contribution is 2.26. The van der Waals surface area contributed by atoms with Gasteiger partial charge >= 0.3 is 0 Å². The lowest BCUT2D eigenvalue weighted by Crippen LogP contribution is -2.53. The van der Waals surface area contributed by atoms with Crippen molar-refractivity contribution in [2.24, 2.45) is 0 Å². The largest absolute Gasteiger partial charge is 0.391 e. The van der Waals surface area contributed by atoms with Crippen LogP contribution in [-0.4, -0.2) is 60.3 Å². The molecule has 3 nitrogen and oxygen atoms in total. The van der Waals surface area contributed by atoms with Crippen molar-refractivity contribution in [3.8, 4) is 0 Å². The van der Waals surface area contributed by atoms with Gasteiger partial charge in [-0.15, -0.1) is 0 Å². The highest BCUT2D eigenvalue weighted by molar-refractivity contribution is 4.87. The van der Waals surface area contributed by atoms with Crippen LogP contribution in [0.1, 0.15) is 38.5 Å². The second kappa shape index (κ2) is 5.48. The molecule has 2 aliphatic rings. The molecule has 2 rings (SSSR count). The Morgan fingerprint density at radius 3 is 2.56 bits per heavy atom. The Morgan fingerprint density at radius 1 is 1.12 bits per heavy atom. The molecular formula is C13H26N2O. The lowest BCUT2D eigenvalue weighted by molar-refractivity contribution is -0.00252. The summed E-state index contributed by atoms with van der Waals surface area (Å²) in [5.41, 5.74) is 0. The molecule has 1 unspecified atom stereocenters. The van der Waals surface area contributed by atoms with Crippen LogP contribution in [0.2, 0.25) is 0 Å². The van der Waals surface area contributed by atoms with Crippen molar-refractivity contribution in [1.29, 1.82) is 0 Å². The lowest BCUT2D eigenvalue weighted by atomic mass is 9.90. The van der Waals surface area contributed by atoms with Crippen LogP contribution < -0.4 is 0 Å². The molecule has 1 saturated heterocycles. The van der Waals surface area contributed by atoms with Gasteiger partial charge in [0.15, 0.2) is 0 Å². The second-order valence-electron chi connectivity index (χ2n) is 5.64. The fraction of sp³-hybridized carbons (Fsp3) is 1.00. The molecule has 1 aliphatic carbocycles. The average Bonchev–Trinajstić information content (AvgIpc) is 2.29. The summed E-state index contributed by atoms with van der Waals surface area (Å²) >= 11 is 0. The van der Waals surface area contributed by atoms with E-state index >= 15 is 0 Å². The summed E-state index contributed by atoms with van der Waals surface area (Å²) in [4.78, 5) is 4.87. The molecule has 0 radical (unpaired) electrons. The number of rotatable bonds is 2. The molecule has 0 aromatic heterocycles. The van der Waals surface area contributed by atoms with Gasteiger partial charge in [0.2, 0.25) is 0 Å². The van der Waals surface area contributed by atoms with Crippen molar-refractivity contribution >= 4 is 0 Å². The van der Waals surface area contributed by atoms with E-state index in [1.54, 1.807) is 0 Å². The first-order valence-electron chi connectivity index (χ1n) is 6.77. The Hall–Kier alpha value is -0.120. The molecule has 1 N–H and O–H groups in total. The van der Waals surface area contributed by atoms with Crippen molar-refractivity contribution in [3.05, 3.63) is 0 Å². The van der Waals surface area contributed by atoms with E-state index in [-0.39, 0.29) is 6.10 Å². The number of hydrogen-bond donors (Lipinski definition) is 1. The van der Waals surface area contributed by atoms with Gasteiger partial charge in [0.05, 0.1) is 6.10 Å². The smallest absolute Gasteiger partial charge is 0.0695 e. The third-order valence-corrected chi connectivity index (χ3v) is 4.39. The number of aliphatic hydroxyl groups excluding tert-OH is 1. The highest BCUT2D eigenvalue weighted by Gasteiger charge is 2.31. The summed E-state index contributed by atoms with van der Waals surface area (Å²) in [6.07, 6.45) is 7.17. The Labute approximate surface area is 99.4 Å². The number of hydrogen-bond acceptors (Lipinski definition) is 3. The van der Waals surface area contributed by atoms with Crippen molar-refractivity contribution in [2.75, 3.05) is 27.2 Å². The lowest BCUT2D eigenvalue weighted by Gasteiger charge is -2.43. The van der Waals surface area contributed by atoms with E-state index in [1.165, 1.54) is 45.2 Å². The average molecular weight is 226 g/mol. The van der Waals surface area contributed by atoms with E-state index in [1.807, 2.05) is 0 Å². The van der Waals surface area contributed by atoms with Crippen LogP contribution in [0.5, 0.6) is 0 Å². The SMILES string of the molecule is CN1CCCC(N(C)[C@@H]2CCCC[C@H]2O)C1. The molecule has 0 bridgehead atoms. The van der Waals surface area contributed by atoms with E-state index < -0.39 is 0 Å². The van der Waals surface area contributed by atoms with Gasteiger partial charge < -0.3 is 10.0 Å². The normalized spacial score (nSPS) is 37.9. The Morgan fingerprint density at radius 2 is 1.88 bits per heavy atom. The first-order chi connectivity index (χ1) is 7.68. The molecule has 1 saturated carbocycles. The molecule has 3 atom stereocenters. The van der Waals surface area contributed by atoms with Crippen molar-refractivity contribution < 1.29 is 5.11 Å². The van der Waals surface area contributed by atoms with Gasteiger partial charge in [0.25, 0.3) is 0 Å². The topological polar surface area (TPSA) is 26.7 Å². The predicted octanol–water partition coefficient (Wildman–Crippen LogP) is 1.32. The number of piperidine rings is 1. The molecule has 0 aromatic carbocycles. The van der Waals surface area contributed by atoms with E-state index in [9.17, 15) is 5.11 Å². The van der Waals surface area contributed by atoms with Gasteiger partial charge in [-0.1, -0.05) is 12.8 Å². The summed E-state index contributed by atoms with van der Waals surface area (Å²) in [6, 6.07) is 1.06. The molecule has 0 aromatic rings. The van der Waals surface area contributed by atoms with Crippen molar-refractivity contribution in [1.82, 2.24) is 9.80 Å². The molecule has 1 aliphatic heterocycles. The highest BCUT2D eigenvalue weighted by atomic mass is 16.3. The standard InChI is InChI=1S/C13H26N2O/c1-14-9-5-6-11(10-14)15(2)12-7-3-4-8-13(12)16/h11-13,16H,3-10H2,1-2H3/t11?,12-,13-/m1/s1. The minimum absolute atomic E-state index is 0.0917. The molecule has 94 valence electrons. The summed E-state index contributed by atoms with van der Waals surface area (Å²) < 4.78 is 0. The summed E-state index contributed by atoms with van der Waals surface area (Å²) in [5, 5.41) is 10.1. The third-order valence-electron chi connectivity index (χ3n) is 4.39. The quantitative estimate of drug-likeness (QED) is 0.769. The summed E-state index contributed by atoms with van der Waals surface area (Å²) in [6.45, 7) is 2.40. The maximum Gasteiger partial charge on any atom is 0.0695 e. The molecule has 0 spiro atoms. The van der Waals surface area contributed by atoms with Crippen LogP contribution in [0, 0.1) is 0 Å². The van der Waals surface area contributed by atoms with Gasteiger partial charge in [-0.25, -0.2) is 0 Å². The van der Waals surface area contributed by atoms with Gasteiger partial charge in [0, 0.05) is 18.6 Å². The first-order valence-corrected chi connectivity index (χ1v) is 6.77. The van der Waals surface area contributed by atoms with Crippen LogP contribution in [0.15, 0.2) is 0 Å². The number of likely N-dealkylation sites (N-methyl/N-ethyl adjacent to an activating group) is 2. The predicted molar refractivity (Wildman–Crippen MR) is 66.5 cm³/mol. The van der Waals surface area contributed by atoms with Crippen LogP contribution in [0.25, 0.3) is 0 Å². The zero-order chi connectivity index (χ0) is 11.5. The molecular weight excluding hydrogens is 200 g/mol. The van der Waals surface area contributed by atoms with Crippen LogP contribution in [0.3, 0.4) is 0 Å². The van der Waals surface area contributed by atoms with Crippen molar-refractivity contribution in [2.45, 2.75) is 56.7 Å². The van der Waals surface area contributed by atoms with Gasteiger partial charge in [-0.3, -0.25) is 4.90 Å². The minimum Gasteiger partial charge on any atom is -0.391 e. The zero-order valence-electron chi connectivity index (χ0n) is 10.7. The fourth-order valence-electron chi connectivity index (χ4n) is 3.31. The maximum atomic E-state index is 10.1. The Balaban J connectivity index is 1.91. The molecule has 2 fully saturated rings. The number of aliphatic hydroxyl groups is 1. The van der Waals surface area contributed by atoms with Gasteiger partial charge in [0.1, 0.15) is 0 Å². The van der Waals surface area contributed by atoms with Crippen molar-refractivity contribution in [3.63, 3.8) is 0 Å². The van der Waals surface area contributed by atoms with Gasteiger partial charge in [-0.05, 0) is 46.3 Å². The molecule has 0 amide bonds. The fourth-order valence-corrected chi connectivity index (χ4v) is 3.31. The first kappa shape index (κ1) is 12.3. The summed E-state index contributed by atoms with van der Waals surface area (Å²) in [7, 11) is 4.42. The van der Waals surface area contributed by atoms with Gasteiger partial charge in [-0.2, -0.15) is 0 Å². The van der Waals surface area contributed by atoms with Crippen LogP contribution in [-0.2, 0) is 0 Å². The number of nitrogens with zero attached hydrogens (tertiary/aromatic N) is 2. The summed E-state index contributed by atoms with van der Waals surface area (Å²) in [5.74, 6) is 0. The molecule has 16 heavy (non-hydrogen) atoms. The van der Waals surface area contributed by atoms with E-state index in [4.69, 9.17) is 0 Å². The van der Waals surface area contributed by atoms with E-state index in [0.29, 0.717) is 12.1 Å². The zero-order valence-corrected chi connectivity index (χ0v) is 10.7. The number of likely N-dealkylation sites (tertiary alicyclic amines) is 1. The monoisotopic (exact) mass is 226 g/mol. The minimum atomic E-state index is -0.0917. The second-order valence-corrected chi connectivity index (χ2v) is 5.64. The molecule has 3 heteroatoms. The molecule has 1 heterocycles. The maximum absolute atomic E-state index is 10.1. The van der Waals surface area contributed by atoms with E-state index in [0.717, 1.165) is 6.42 Å². The Kier molecular flexibility index (Phi) is 4.22. The van der Waals surface area contributed by atoms with E-state index in [2.05, 4.69) is 23.9 Å². The van der Waals surface area contributed by atoms with Crippen LogP contribution in [0.4, 0.5) is 0 Å². The third kappa shape index (κ3) is 2.76.